The lowest BCUT2D eigenvalue weighted by Gasteiger charge is -2.11. The molecule has 0 aliphatic heterocycles. The van der Waals surface area contributed by atoms with Crippen LogP contribution in [-0.2, 0) is 0 Å². The molecule has 0 unspecified atom stereocenters. The summed E-state index contributed by atoms with van der Waals surface area (Å²) in [6, 6.07) is 10.2. The van der Waals surface area contributed by atoms with E-state index in [0.717, 1.165) is 12.8 Å². The average Bonchev–Trinajstić information content (AvgIpc) is 3.19. The van der Waals surface area contributed by atoms with Crippen molar-refractivity contribution in [3.8, 4) is 11.5 Å². The van der Waals surface area contributed by atoms with Crippen molar-refractivity contribution < 1.29 is 14.3 Å². The predicted octanol–water partition coefficient (Wildman–Crippen LogP) is 4.44. The van der Waals surface area contributed by atoms with E-state index in [-0.39, 0.29) is 18.1 Å². The molecule has 1 heterocycles. The smallest absolute Gasteiger partial charge is 0.251 e. The van der Waals surface area contributed by atoms with Gasteiger partial charge in [-0.1, -0.05) is 23.2 Å². The van der Waals surface area contributed by atoms with Crippen molar-refractivity contribution in [1.29, 1.82) is 0 Å². The number of carbonyl (C=O) groups is 1. The molecule has 0 radical (unpaired) electrons. The number of aliphatic hydroxyl groups is 1. The van der Waals surface area contributed by atoms with Crippen LogP contribution < -0.4 is 5.32 Å². The van der Waals surface area contributed by atoms with E-state index >= 15 is 0 Å². The van der Waals surface area contributed by atoms with Gasteiger partial charge in [-0.25, -0.2) is 4.98 Å². The number of oxazole rings is 1. The Morgan fingerprint density at radius 3 is 2.62 bits per heavy atom. The third-order valence-electron chi connectivity index (χ3n) is 4.50. The predicted molar refractivity (Wildman–Crippen MR) is 101 cm³/mol. The van der Waals surface area contributed by atoms with Crippen LogP contribution in [0.1, 0.15) is 29.6 Å². The van der Waals surface area contributed by atoms with Crippen molar-refractivity contribution in [2.75, 3.05) is 0 Å². The van der Waals surface area contributed by atoms with Crippen LogP contribution >= 0.6 is 23.2 Å². The molecule has 2 aromatic carbocycles. The fraction of sp³-hybridized carbons (Fsp3) is 0.263. The zero-order valence-corrected chi connectivity index (χ0v) is 15.2. The molecular weight excluding hydrogens is 375 g/mol. The van der Waals surface area contributed by atoms with E-state index in [0.29, 0.717) is 44.6 Å². The normalized spacial score (nSPS) is 19.8. The topological polar surface area (TPSA) is 75.4 Å². The number of nitrogens with one attached hydrogen (secondary N) is 1. The van der Waals surface area contributed by atoms with E-state index < -0.39 is 0 Å². The number of hydrogen-bond donors (Lipinski definition) is 2. The van der Waals surface area contributed by atoms with Gasteiger partial charge in [0, 0.05) is 27.2 Å². The number of halogens is 2. The molecule has 0 bridgehead atoms. The molecule has 4 rings (SSSR count). The van der Waals surface area contributed by atoms with Crippen LogP contribution in [0.15, 0.2) is 40.8 Å². The molecule has 1 amide bonds. The summed E-state index contributed by atoms with van der Waals surface area (Å²) >= 11 is 12.1. The van der Waals surface area contributed by atoms with Gasteiger partial charge in [-0.05, 0) is 55.7 Å². The molecule has 0 saturated heterocycles. The molecule has 0 spiro atoms. The van der Waals surface area contributed by atoms with Crippen molar-refractivity contribution in [3.05, 3.63) is 52.0 Å². The maximum Gasteiger partial charge on any atom is 0.251 e. The van der Waals surface area contributed by atoms with E-state index in [9.17, 15) is 9.90 Å². The summed E-state index contributed by atoms with van der Waals surface area (Å²) in [6.07, 6.45) is 1.77. The molecule has 1 fully saturated rings. The van der Waals surface area contributed by atoms with Gasteiger partial charge in [0.2, 0.25) is 5.89 Å². The zero-order chi connectivity index (χ0) is 18.3. The Kier molecular flexibility index (Phi) is 4.61. The van der Waals surface area contributed by atoms with E-state index in [2.05, 4.69) is 10.3 Å². The number of aliphatic hydroxyl groups excluding tert-OH is 1. The number of hydrogen-bond acceptors (Lipinski definition) is 4. The second-order valence-electron chi connectivity index (χ2n) is 6.50. The van der Waals surface area contributed by atoms with Gasteiger partial charge in [-0.2, -0.15) is 0 Å². The lowest BCUT2D eigenvalue weighted by atomic mass is 10.1. The first-order chi connectivity index (χ1) is 12.5. The fourth-order valence-corrected chi connectivity index (χ4v) is 3.75. The Morgan fingerprint density at radius 2 is 1.92 bits per heavy atom. The van der Waals surface area contributed by atoms with E-state index in [4.69, 9.17) is 27.6 Å². The minimum absolute atomic E-state index is 0.00656. The van der Waals surface area contributed by atoms with Crippen LogP contribution in [0.3, 0.4) is 0 Å². The summed E-state index contributed by atoms with van der Waals surface area (Å²) in [5.41, 5.74) is 2.31. The Bertz CT molecular complexity index is 966. The highest BCUT2D eigenvalue weighted by molar-refractivity contribution is 6.35. The summed E-state index contributed by atoms with van der Waals surface area (Å²) in [4.78, 5) is 16.9. The Labute approximate surface area is 159 Å². The second-order valence-corrected chi connectivity index (χ2v) is 7.37. The van der Waals surface area contributed by atoms with Gasteiger partial charge in [0.05, 0.1) is 6.10 Å². The molecular formula is C19H16Cl2N2O3. The minimum atomic E-state index is -0.330. The molecule has 1 saturated carbocycles. The maximum absolute atomic E-state index is 12.4. The van der Waals surface area contributed by atoms with Gasteiger partial charge >= 0.3 is 0 Å². The number of carbonyl (C=O) groups excluding carboxylic acids is 1. The number of nitrogens with zero attached hydrogens (tertiary/aromatic N) is 1. The van der Waals surface area contributed by atoms with Gasteiger partial charge in [-0.3, -0.25) is 4.79 Å². The van der Waals surface area contributed by atoms with Crippen LogP contribution in [-0.4, -0.2) is 28.1 Å². The molecule has 1 aromatic heterocycles. The zero-order valence-electron chi connectivity index (χ0n) is 13.7. The van der Waals surface area contributed by atoms with Crippen molar-refractivity contribution in [3.63, 3.8) is 0 Å². The summed E-state index contributed by atoms with van der Waals surface area (Å²) in [7, 11) is 0. The lowest BCUT2D eigenvalue weighted by molar-refractivity contribution is 0.0934. The first-order valence-electron chi connectivity index (χ1n) is 8.34. The van der Waals surface area contributed by atoms with Crippen LogP contribution in [0.5, 0.6) is 0 Å². The fourth-order valence-electron chi connectivity index (χ4n) is 3.22. The summed E-state index contributed by atoms with van der Waals surface area (Å²) < 4.78 is 5.79. The summed E-state index contributed by atoms with van der Waals surface area (Å²) in [5, 5.41) is 13.5. The van der Waals surface area contributed by atoms with E-state index in [1.807, 2.05) is 0 Å². The molecule has 3 aromatic rings. The maximum atomic E-state index is 12.4. The largest absolute Gasteiger partial charge is 0.436 e. The highest BCUT2D eigenvalue weighted by Gasteiger charge is 2.24. The van der Waals surface area contributed by atoms with Crippen molar-refractivity contribution in [1.82, 2.24) is 10.3 Å². The van der Waals surface area contributed by atoms with Crippen LogP contribution in [0.4, 0.5) is 0 Å². The van der Waals surface area contributed by atoms with Crippen LogP contribution in [0, 0.1) is 0 Å². The quantitative estimate of drug-likeness (QED) is 0.692. The van der Waals surface area contributed by atoms with Crippen molar-refractivity contribution >= 4 is 40.2 Å². The molecule has 134 valence electrons. The number of amides is 1. The molecule has 2 atom stereocenters. The molecule has 2 N–H and O–H groups in total. The third-order valence-corrected chi connectivity index (χ3v) is 4.94. The number of rotatable bonds is 3. The molecule has 7 heteroatoms. The Balaban J connectivity index is 1.60. The van der Waals surface area contributed by atoms with Gasteiger partial charge in [0.1, 0.15) is 5.52 Å². The first kappa shape index (κ1) is 17.3. The van der Waals surface area contributed by atoms with Gasteiger partial charge in [0.15, 0.2) is 5.58 Å². The van der Waals surface area contributed by atoms with E-state index in [1.54, 1.807) is 36.4 Å². The average molecular weight is 391 g/mol. The monoisotopic (exact) mass is 390 g/mol. The molecule has 5 nitrogen and oxygen atoms in total. The van der Waals surface area contributed by atoms with Gasteiger partial charge < -0.3 is 14.8 Å². The molecule has 26 heavy (non-hydrogen) atoms. The number of aromatic nitrogens is 1. The highest BCUT2D eigenvalue weighted by atomic mass is 35.5. The summed E-state index contributed by atoms with van der Waals surface area (Å²) in [5.74, 6) is 0.204. The molecule has 1 aliphatic rings. The Hall–Kier alpha value is -2.08. The third kappa shape index (κ3) is 3.56. The molecule has 1 aliphatic carbocycles. The van der Waals surface area contributed by atoms with Crippen LogP contribution in [0.2, 0.25) is 10.0 Å². The first-order valence-corrected chi connectivity index (χ1v) is 9.09. The van der Waals surface area contributed by atoms with Gasteiger partial charge in [-0.15, -0.1) is 0 Å². The van der Waals surface area contributed by atoms with Crippen LogP contribution in [0.25, 0.3) is 22.6 Å². The minimum Gasteiger partial charge on any atom is -0.436 e. The SMILES string of the molecule is O=C(N[C@@H]1CC[C@@H](O)C1)c1ccc2nc(-c3cc(Cl)cc(Cl)c3)oc2c1. The number of benzene rings is 2. The Morgan fingerprint density at radius 1 is 1.15 bits per heavy atom. The highest BCUT2D eigenvalue weighted by Crippen LogP contribution is 2.29. The van der Waals surface area contributed by atoms with Crippen molar-refractivity contribution in [2.45, 2.75) is 31.4 Å². The summed E-state index contributed by atoms with van der Waals surface area (Å²) in [6.45, 7) is 0. The number of fused-ring (bicyclic) bond motifs is 1. The van der Waals surface area contributed by atoms with E-state index in [1.165, 1.54) is 0 Å². The second kappa shape index (κ2) is 6.91. The lowest BCUT2D eigenvalue weighted by Crippen LogP contribution is -2.33. The van der Waals surface area contributed by atoms with Gasteiger partial charge in [0.25, 0.3) is 5.91 Å². The standard InChI is InChI=1S/C19H16Cl2N2O3/c20-12-5-11(6-13(21)8-12)19-23-16-4-1-10(7-17(16)26-19)18(25)22-14-2-3-15(24)9-14/h1,4-8,14-15,24H,2-3,9H2,(H,22,25)/t14-,15-/m1/s1. The van der Waals surface area contributed by atoms with Crippen molar-refractivity contribution in [2.24, 2.45) is 0 Å².